The first-order chi connectivity index (χ1) is 19.5. The van der Waals surface area contributed by atoms with E-state index in [1.54, 1.807) is 0 Å². The van der Waals surface area contributed by atoms with Crippen molar-refractivity contribution in [3.8, 4) is 17.0 Å². The molecule has 2 heterocycles. The summed E-state index contributed by atoms with van der Waals surface area (Å²) < 4.78 is 76.3. The van der Waals surface area contributed by atoms with Crippen molar-refractivity contribution in [1.29, 1.82) is 0 Å². The Bertz CT molecular complexity index is 1670. The van der Waals surface area contributed by atoms with Gasteiger partial charge < -0.3 is 20.3 Å². The summed E-state index contributed by atoms with van der Waals surface area (Å²) in [6.45, 7) is 2.61. The van der Waals surface area contributed by atoms with Crippen LogP contribution < -0.4 is 10.1 Å². The van der Waals surface area contributed by atoms with Crippen molar-refractivity contribution in [2.45, 2.75) is 38.1 Å². The number of halogens is 6. The molecule has 2 aromatic carbocycles. The van der Waals surface area contributed by atoms with Gasteiger partial charge in [-0.15, -0.1) is 0 Å². The maximum absolute atomic E-state index is 14.5. The molecule has 1 atom stereocenters. The van der Waals surface area contributed by atoms with E-state index in [9.17, 15) is 37.0 Å². The van der Waals surface area contributed by atoms with Crippen molar-refractivity contribution in [3.05, 3.63) is 87.7 Å². The average Bonchev–Trinajstić information content (AvgIpc) is 2.91. The zero-order valence-corrected chi connectivity index (χ0v) is 23.5. The number of hydrogen-bond acceptors (Lipinski definition) is 6. The molecule has 0 bridgehead atoms. The van der Waals surface area contributed by atoms with Gasteiger partial charge in [0, 0.05) is 27.6 Å². The second-order valence-electron chi connectivity index (χ2n) is 10.2. The van der Waals surface area contributed by atoms with Gasteiger partial charge in [-0.1, -0.05) is 11.6 Å². The molecule has 1 amide bonds. The first-order valence-corrected chi connectivity index (χ1v) is 12.8. The number of benzene rings is 2. The number of hydrogen-bond donors (Lipinski definition) is 3. The highest BCUT2D eigenvalue weighted by molar-refractivity contribution is 6.34. The summed E-state index contributed by atoms with van der Waals surface area (Å²) in [5, 5.41) is 23.9. The van der Waals surface area contributed by atoms with Crippen LogP contribution in [0.15, 0.2) is 48.5 Å². The second kappa shape index (κ2) is 11.1. The van der Waals surface area contributed by atoms with E-state index in [1.165, 1.54) is 58.2 Å². The molecule has 0 fully saturated rings. The highest BCUT2D eigenvalue weighted by Crippen LogP contribution is 2.43. The SMILES string of the molecule is COc1cc(C(=O)NC[C@](O)(c2cc(C(C)(C)O)c(Cl)c(-c3ccc(F)cc3)n2)C(F)(F)F)cc2cc(C)c(F)nc12. The molecule has 0 unspecified atom stereocenters. The van der Waals surface area contributed by atoms with Crippen LogP contribution in [0.5, 0.6) is 5.75 Å². The van der Waals surface area contributed by atoms with Crippen LogP contribution in [0.1, 0.15) is 41.0 Å². The Labute approximate surface area is 241 Å². The van der Waals surface area contributed by atoms with Crippen LogP contribution >= 0.6 is 11.6 Å². The van der Waals surface area contributed by atoms with Gasteiger partial charge in [-0.3, -0.25) is 4.79 Å². The molecule has 0 aliphatic rings. The van der Waals surface area contributed by atoms with Gasteiger partial charge in [0.25, 0.3) is 5.91 Å². The number of fused-ring (bicyclic) bond motifs is 1. The van der Waals surface area contributed by atoms with Crippen molar-refractivity contribution in [1.82, 2.24) is 15.3 Å². The van der Waals surface area contributed by atoms with E-state index in [4.69, 9.17) is 16.3 Å². The number of alkyl halides is 3. The van der Waals surface area contributed by atoms with Gasteiger partial charge in [0.1, 0.15) is 17.1 Å². The highest BCUT2D eigenvalue weighted by atomic mass is 35.5. The Morgan fingerprint density at radius 1 is 1.02 bits per heavy atom. The maximum Gasteiger partial charge on any atom is 0.424 e. The van der Waals surface area contributed by atoms with E-state index in [0.717, 1.165) is 18.2 Å². The molecule has 0 radical (unpaired) electrons. The molecular formula is C29H25ClF5N3O4. The second-order valence-corrected chi connectivity index (χ2v) is 10.5. The molecule has 4 aromatic rings. The number of carbonyl (C=O) groups excluding carboxylic acids is 1. The minimum absolute atomic E-state index is 0.000703. The van der Waals surface area contributed by atoms with E-state index in [-0.39, 0.29) is 44.2 Å². The smallest absolute Gasteiger partial charge is 0.424 e. The average molecular weight is 610 g/mol. The van der Waals surface area contributed by atoms with E-state index >= 15 is 0 Å². The number of aliphatic hydroxyl groups is 2. The number of methoxy groups -OCH3 is 1. The Morgan fingerprint density at radius 3 is 2.24 bits per heavy atom. The summed E-state index contributed by atoms with van der Waals surface area (Å²) in [4.78, 5) is 20.8. The number of ether oxygens (including phenoxy) is 1. The molecule has 42 heavy (non-hydrogen) atoms. The number of carbonyl (C=O) groups is 1. The van der Waals surface area contributed by atoms with Gasteiger partial charge in [-0.2, -0.15) is 17.6 Å². The fourth-order valence-electron chi connectivity index (χ4n) is 4.26. The predicted octanol–water partition coefficient (Wildman–Crippen LogP) is 5.95. The molecule has 4 rings (SSSR count). The Hall–Kier alpha value is -3.87. The van der Waals surface area contributed by atoms with Gasteiger partial charge in [-0.25, -0.2) is 14.4 Å². The lowest BCUT2D eigenvalue weighted by Gasteiger charge is -2.32. The molecular weight excluding hydrogens is 585 g/mol. The van der Waals surface area contributed by atoms with Crippen molar-refractivity contribution < 1.29 is 41.7 Å². The molecule has 0 aliphatic carbocycles. The van der Waals surface area contributed by atoms with Crippen molar-refractivity contribution >= 4 is 28.4 Å². The number of amides is 1. The van der Waals surface area contributed by atoms with Gasteiger partial charge in [0.2, 0.25) is 11.5 Å². The first-order valence-electron chi connectivity index (χ1n) is 12.4. The molecule has 0 saturated carbocycles. The Balaban J connectivity index is 1.79. The lowest BCUT2D eigenvalue weighted by atomic mass is 9.90. The lowest BCUT2D eigenvalue weighted by Crippen LogP contribution is -2.51. The lowest BCUT2D eigenvalue weighted by molar-refractivity contribution is -0.265. The van der Waals surface area contributed by atoms with Gasteiger partial charge in [-0.05, 0) is 69.3 Å². The maximum atomic E-state index is 14.5. The van der Waals surface area contributed by atoms with Crippen molar-refractivity contribution in [3.63, 3.8) is 0 Å². The Morgan fingerprint density at radius 2 is 1.67 bits per heavy atom. The molecule has 2 aromatic heterocycles. The van der Waals surface area contributed by atoms with Crippen LogP contribution in [0.3, 0.4) is 0 Å². The highest BCUT2D eigenvalue weighted by Gasteiger charge is 2.57. The Kier molecular flexibility index (Phi) is 8.20. The summed E-state index contributed by atoms with van der Waals surface area (Å²) in [5.74, 6) is -2.39. The zero-order chi connectivity index (χ0) is 31.2. The van der Waals surface area contributed by atoms with Gasteiger partial charge in [0.15, 0.2) is 0 Å². The number of nitrogens with zero attached hydrogens (tertiary/aromatic N) is 2. The number of pyridine rings is 2. The molecule has 3 N–H and O–H groups in total. The number of nitrogens with one attached hydrogen (secondary N) is 1. The minimum atomic E-state index is -5.38. The van der Waals surface area contributed by atoms with E-state index in [1.807, 2.05) is 0 Å². The number of rotatable bonds is 7. The summed E-state index contributed by atoms with van der Waals surface area (Å²) in [5.41, 5.74) is -6.73. The third-order valence-corrected chi connectivity index (χ3v) is 7.01. The van der Waals surface area contributed by atoms with Crippen LogP contribution in [0.25, 0.3) is 22.2 Å². The fraction of sp³-hybridized carbons (Fsp3) is 0.276. The van der Waals surface area contributed by atoms with E-state index in [0.29, 0.717) is 5.39 Å². The van der Waals surface area contributed by atoms with E-state index < -0.39 is 47.3 Å². The molecule has 0 spiro atoms. The first kappa shape index (κ1) is 31.1. The summed E-state index contributed by atoms with van der Waals surface area (Å²) >= 11 is 6.42. The van der Waals surface area contributed by atoms with Crippen molar-refractivity contribution in [2.75, 3.05) is 13.7 Å². The predicted molar refractivity (Wildman–Crippen MR) is 145 cm³/mol. The normalized spacial score (nSPS) is 13.6. The van der Waals surface area contributed by atoms with Crippen molar-refractivity contribution in [2.24, 2.45) is 0 Å². The van der Waals surface area contributed by atoms with Crippen LogP contribution in [-0.4, -0.2) is 45.9 Å². The number of aromatic nitrogens is 2. The van der Waals surface area contributed by atoms with Crippen LogP contribution in [0.2, 0.25) is 5.02 Å². The molecule has 7 nitrogen and oxygen atoms in total. The van der Waals surface area contributed by atoms with Crippen LogP contribution in [-0.2, 0) is 11.2 Å². The summed E-state index contributed by atoms with van der Waals surface area (Å²) in [6.07, 6.45) is -5.38. The molecule has 0 aliphatic heterocycles. The largest absolute Gasteiger partial charge is 0.494 e. The van der Waals surface area contributed by atoms with Crippen LogP contribution in [0.4, 0.5) is 22.0 Å². The minimum Gasteiger partial charge on any atom is -0.494 e. The quantitative estimate of drug-likeness (QED) is 0.177. The van der Waals surface area contributed by atoms with Gasteiger partial charge >= 0.3 is 6.18 Å². The third kappa shape index (κ3) is 5.87. The topological polar surface area (TPSA) is 105 Å². The summed E-state index contributed by atoms with van der Waals surface area (Å²) in [7, 11) is 1.25. The monoisotopic (exact) mass is 609 g/mol. The third-order valence-electron chi connectivity index (χ3n) is 6.63. The number of aryl methyl sites for hydroxylation is 1. The van der Waals surface area contributed by atoms with E-state index in [2.05, 4.69) is 15.3 Å². The van der Waals surface area contributed by atoms with Crippen LogP contribution in [0, 0.1) is 18.7 Å². The zero-order valence-electron chi connectivity index (χ0n) is 22.7. The molecule has 0 saturated heterocycles. The van der Waals surface area contributed by atoms with Gasteiger partial charge in [0.05, 0.1) is 35.7 Å². The summed E-state index contributed by atoms with van der Waals surface area (Å²) in [6, 6.07) is 9.21. The fourth-order valence-corrected chi connectivity index (χ4v) is 4.69. The standard InChI is InChI=1S/C29H25ClF5N3O4/c1-14-9-16-10-17(11-20(42-4)23(16)38-25(14)32)26(39)36-13-28(41,29(33,34)35)21-12-19(27(2,3)40)22(30)24(37-21)15-5-7-18(31)8-6-15/h5-12,40-41H,13H2,1-4H3,(H,36,39)/t28-/m0/s1. The molecule has 13 heteroatoms. The molecule has 222 valence electrons.